The number of hydrogen-bond acceptors (Lipinski definition) is 7. The third-order valence-electron chi connectivity index (χ3n) is 5.33. The molecule has 1 fully saturated rings. The van der Waals surface area contributed by atoms with Crippen molar-refractivity contribution in [2.45, 2.75) is 6.61 Å². The van der Waals surface area contributed by atoms with Gasteiger partial charge < -0.3 is 18.9 Å². The van der Waals surface area contributed by atoms with Crippen LogP contribution in [-0.2, 0) is 11.4 Å². The molecule has 0 atom stereocenters. The second-order valence-corrected chi connectivity index (χ2v) is 9.54. The molecule has 178 valence electrons. The van der Waals surface area contributed by atoms with E-state index in [1.165, 1.54) is 35.9 Å². The topological polar surface area (TPSA) is 57.2 Å². The maximum Gasteiger partial charge on any atom is 0.270 e. The standard InChI is InChI=1S/C25H17ClFNO5S2/c1-30-19-7-5-14(9-21(19)31-12-16-17(26)3-2-4-18(16)27)10-23-24(29)28(25(34)35-23)15-6-8-20-22(11-15)33-13-32-20/h2-11H,12-13H2,1H3/b23-10+. The second kappa shape index (κ2) is 9.77. The predicted octanol–water partition coefficient (Wildman–Crippen LogP) is 6.20. The lowest BCUT2D eigenvalue weighted by atomic mass is 10.1. The van der Waals surface area contributed by atoms with Crippen LogP contribution in [0, 0.1) is 5.82 Å². The number of thioether (sulfide) groups is 1. The molecule has 35 heavy (non-hydrogen) atoms. The predicted molar refractivity (Wildman–Crippen MR) is 137 cm³/mol. The van der Waals surface area contributed by atoms with Crippen molar-refractivity contribution in [1.82, 2.24) is 0 Å². The lowest BCUT2D eigenvalue weighted by molar-refractivity contribution is -0.113. The lowest BCUT2D eigenvalue weighted by Crippen LogP contribution is -2.27. The first kappa shape index (κ1) is 23.5. The number of hydrogen-bond donors (Lipinski definition) is 0. The summed E-state index contributed by atoms with van der Waals surface area (Å²) in [5, 5.41) is 0.271. The van der Waals surface area contributed by atoms with Crippen LogP contribution < -0.4 is 23.8 Å². The van der Waals surface area contributed by atoms with E-state index in [0.29, 0.717) is 43.5 Å². The van der Waals surface area contributed by atoms with Gasteiger partial charge >= 0.3 is 0 Å². The number of amides is 1. The van der Waals surface area contributed by atoms with Gasteiger partial charge in [-0.1, -0.05) is 47.7 Å². The molecule has 0 spiro atoms. The number of ether oxygens (including phenoxy) is 4. The van der Waals surface area contributed by atoms with Crippen LogP contribution in [0.25, 0.3) is 6.08 Å². The minimum absolute atomic E-state index is 0.0858. The van der Waals surface area contributed by atoms with Crippen LogP contribution in [0.15, 0.2) is 59.5 Å². The molecule has 0 saturated carbocycles. The van der Waals surface area contributed by atoms with Crippen molar-refractivity contribution in [2.24, 2.45) is 0 Å². The Morgan fingerprint density at radius 2 is 1.97 bits per heavy atom. The van der Waals surface area contributed by atoms with Gasteiger partial charge in [0.05, 0.1) is 22.7 Å². The smallest absolute Gasteiger partial charge is 0.270 e. The maximum atomic E-state index is 14.1. The van der Waals surface area contributed by atoms with E-state index in [1.807, 2.05) is 0 Å². The monoisotopic (exact) mass is 529 g/mol. The van der Waals surface area contributed by atoms with Crippen molar-refractivity contribution >= 4 is 57.6 Å². The molecule has 0 unspecified atom stereocenters. The molecular weight excluding hydrogens is 513 g/mol. The number of benzene rings is 3. The quantitative estimate of drug-likeness (QED) is 0.278. The third-order valence-corrected chi connectivity index (χ3v) is 6.98. The fourth-order valence-electron chi connectivity index (χ4n) is 3.58. The molecule has 0 aliphatic carbocycles. The Morgan fingerprint density at radius 1 is 1.14 bits per heavy atom. The van der Waals surface area contributed by atoms with Crippen LogP contribution >= 0.6 is 35.6 Å². The maximum absolute atomic E-state index is 14.1. The summed E-state index contributed by atoms with van der Waals surface area (Å²) < 4.78 is 36.5. The number of rotatable bonds is 6. The van der Waals surface area contributed by atoms with Gasteiger partial charge in [-0.05, 0) is 48.0 Å². The normalized spacial score (nSPS) is 15.7. The zero-order valence-electron chi connectivity index (χ0n) is 18.2. The summed E-state index contributed by atoms with van der Waals surface area (Å²) >= 11 is 12.8. The van der Waals surface area contributed by atoms with Crippen LogP contribution in [0.1, 0.15) is 11.1 Å². The van der Waals surface area contributed by atoms with Gasteiger partial charge in [0, 0.05) is 11.6 Å². The van der Waals surface area contributed by atoms with Gasteiger partial charge in [-0.15, -0.1) is 0 Å². The number of carbonyl (C=O) groups is 1. The molecule has 0 radical (unpaired) electrons. The minimum Gasteiger partial charge on any atom is -0.493 e. The van der Waals surface area contributed by atoms with Crippen molar-refractivity contribution in [2.75, 3.05) is 18.8 Å². The van der Waals surface area contributed by atoms with Crippen LogP contribution in [0.5, 0.6) is 23.0 Å². The Hall–Kier alpha value is -3.27. The van der Waals surface area contributed by atoms with Gasteiger partial charge in [0.2, 0.25) is 6.79 Å². The van der Waals surface area contributed by atoms with Crippen LogP contribution in [0.3, 0.4) is 0 Å². The van der Waals surface area contributed by atoms with E-state index >= 15 is 0 Å². The van der Waals surface area contributed by atoms with E-state index in [2.05, 4.69) is 0 Å². The van der Waals surface area contributed by atoms with E-state index in [9.17, 15) is 9.18 Å². The number of carbonyl (C=O) groups excluding carboxylic acids is 1. The van der Waals surface area contributed by atoms with Crippen molar-refractivity contribution in [3.8, 4) is 23.0 Å². The van der Waals surface area contributed by atoms with Gasteiger partial charge in [-0.25, -0.2) is 4.39 Å². The van der Waals surface area contributed by atoms with Gasteiger partial charge in [-0.3, -0.25) is 9.69 Å². The summed E-state index contributed by atoms with van der Waals surface area (Å²) in [4.78, 5) is 15.1. The number of nitrogens with zero attached hydrogens (tertiary/aromatic N) is 1. The fourth-order valence-corrected chi connectivity index (χ4v) is 5.10. The molecule has 1 amide bonds. The largest absolute Gasteiger partial charge is 0.493 e. The highest BCUT2D eigenvalue weighted by molar-refractivity contribution is 8.27. The summed E-state index contributed by atoms with van der Waals surface area (Å²) in [7, 11) is 1.51. The van der Waals surface area contributed by atoms with Gasteiger partial charge in [0.1, 0.15) is 12.4 Å². The Bertz CT molecular complexity index is 1360. The van der Waals surface area contributed by atoms with Crippen molar-refractivity contribution in [3.05, 3.63) is 81.5 Å². The van der Waals surface area contributed by atoms with Crippen LogP contribution in [0.4, 0.5) is 10.1 Å². The molecular formula is C25H17ClFNO5S2. The molecule has 0 aromatic heterocycles. The number of anilines is 1. The molecule has 2 aliphatic heterocycles. The molecule has 5 rings (SSSR count). The Labute approximate surface area is 215 Å². The highest BCUT2D eigenvalue weighted by Crippen LogP contribution is 2.41. The zero-order chi connectivity index (χ0) is 24.5. The van der Waals surface area contributed by atoms with Crippen molar-refractivity contribution < 1.29 is 28.1 Å². The molecule has 2 aliphatic rings. The van der Waals surface area contributed by atoms with Crippen LogP contribution in [-0.4, -0.2) is 24.1 Å². The Morgan fingerprint density at radius 3 is 2.77 bits per heavy atom. The van der Waals surface area contributed by atoms with Crippen molar-refractivity contribution in [1.29, 1.82) is 0 Å². The van der Waals surface area contributed by atoms with Crippen LogP contribution in [0.2, 0.25) is 5.02 Å². The first-order chi connectivity index (χ1) is 16.9. The van der Waals surface area contributed by atoms with Crippen molar-refractivity contribution in [3.63, 3.8) is 0 Å². The second-order valence-electron chi connectivity index (χ2n) is 7.45. The molecule has 3 aromatic carbocycles. The van der Waals surface area contributed by atoms with E-state index in [1.54, 1.807) is 48.5 Å². The molecule has 1 saturated heterocycles. The van der Waals surface area contributed by atoms with Gasteiger partial charge in [0.15, 0.2) is 27.3 Å². The SMILES string of the molecule is COc1ccc(/C=C2/SC(=S)N(c3ccc4c(c3)OCO4)C2=O)cc1OCc1c(F)cccc1Cl. The van der Waals surface area contributed by atoms with E-state index in [4.69, 9.17) is 42.8 Å². The number of methoxy groups -OCH3 is 1. The first-order valence-corrected chi connectivity index (χ1v) is 12.0. The Balaban J connectivity index is 1.39. The zero-order valence-corrected chi connectivity index (χ0v) is 20.6. The average Bonchev–Trinajstić information content (AvgIpc) is 3.42. The molecule has 0 N–H and O–H groups in total. The summed E-state index contributed by atoms with van der Waals surface area (Å²) in [5.74, 6) is 1.31. The third kappa shape index (κ3) is 4.67. The van der Waals surface area contributed by atoms with E-state index < -0.39 is 5.82 Å². The molecule has 10 heteroatoms. The number of fused-ring (bicyclic) bond motifs is 1. The first-order valence-electron chi connectivity index (χ1n) is 10.4. The number of halogens is 2. The van der Waals surface area contributed by atoms with E-state index in [0.717, 1.165) is 0 Å². The minimum atomic E-state index is -0.459. The summed E-state index contributed by atoms with van der Waals surface area (Å²) in [6.45, 7) is 0.0552. The number of thiocarbonyl (C=S) groups is 1. The Kier molecular flexibility index (Phi) is 6.55. The average molecular weight is 530 g/mol. The summed E-state index contributed by atoms with van der Waals surface area (Å²) in [5.41, 5.74) is 1.53. The summed E-state index contributed by atoms with van der Waals surface area (Å²) in [6.07, 6.45) is 1.72. The highest BCUT2D eigenvalue weighted by Gasteiger charge is 2.34. The van der Waals surface area contributed by atoms with Gasteiger partial charge in [0.25, 0.3) is 5.91 Å². The van der Waals surface area contributed by atoms with E-state index in [-0.39, 0.29) is 29.9 Å². The van der Waals surface area contributed by atoms with Gasteiger partial charge in [-0.2, -0.15) is 0 Å². The fraction of sp³-hybridized carbons (Fsp3) is 0.120. The molecule has 2 heterocycles. The lowest BCUT2D eigenvalue weighted by Gasteiger charge is -2.15. The molecule has 6 nitrogen and oxygen atoms in total. The molecule has 0 bridgehead atoms. The highest BCUT2D eigenvalue weighted by atomic mass is 35.5. The molecule has 3 aromatic rings. The summed E-state index contributed by atoms with van der Waals surface area (Å²) in [6, 6.07) is 14.9.